The van der Waals surface area contributed by atoms with Gasteiger partial charge in [0.15, 0.2) is 0 Å². The quantitative estimate of drug-likeness (QED) is 0.798. The number of nitrogens with one attached hydrogen (secondary N) is 1. The third kappa shape index (κ3) is 3.44. The van der Waals surface area contributed by atoms with Gasteiger partial charge in [0.2, 0.25) is 10.0 Å². The van der Waals surface area contributed by atoms with Crippen molar-refractivity contribution in [2.45, 2.75) is 18.4 Å². The summed E-state index contributed by atoms with van der Waals surface area (Å²) in [6.45, 7) is 1.71. The minimum atomic E-state index is -3.79. The minimum absolute atomic E-state index is 0.0419. The lowest BCUT2D eigenvalue weighted by atomic mass is 10.2. The lowest BCUT2D eigenvalue weighted by Crippen LogP contribution is -2.24. The van der Waals surface area contributed by atoms with Crippen molar-refractivity contribution in [2.24, 2.45) is 7.05 Å². The Morgan fingerprint density at radius 3 is 2.54 bits per heavy atom. The molecule has 0 aliphatic rings. The fourth-order valence-electron chi connectivity index (χ4n) is 2.34. The largest absolute Gasteiger partial charge is 0.496 e. The van der Waals surface area contributed by atoms with E-state index >= 15 is 0 Å². The summed E-state index contributed by atoms with van der Waals surface area (Å²) in [6, 6.07) is 8.45. The second-order valence-corrected chi connectivity index (χ2v) is 6.90. The van der Waals surface area contributed by atoms with E-state index in [1.807, 2.05) is 0 Å². The first kappa shape index (κ1) is 18.0. The third-order valence-electron chi connectivity index (χ3n) is 3.82. The number of methoxy groups -OCH3 is 2. The SMILES string of the molecule is COC(=O)c1cc(S(=O)(=O)NCc2ccccc2OC)c(C)n1C. The van der Waals surface area contributed by atoms with Crippen molar-refractivity contribution in [3.63, 3.8) is 0 Å². The zero-order valence-electron chi connectivity index (χ0n) is 14.0. The summed E-state index contributed by atoms with van der Waals surface area (Å²) in [5, 5.41) is 0. The standard InChI is InChI=1S/C16H20N2O5S/c1-11-15(9-13(18(11)2)16(19)23-4)24(20,21)17-10-12-7-5-6-8-14(12)22-3/h5-9,17H,10H2,1-4H3. The fourth-order valence-corrected chi connectivity index (χ4v) is 3.64. The highest BCUT2D eigenvalue weighted by Gasteiger charge is 2.24. The first-order chi connectivity index (χ1) is 11.3. The number of aromatic nitrogens is 1. The Hall–Kier alpha value is -2.32. The third-order valence-corrected chi connectivity index (χ3v) is 5.33. The molecule has 1 aromatic carbocycles. The molecular weight excluding hydrogens is 332 g/mol. The van der Waals surface area contributed by atoms with E-state index in [0.717, 1.165) is 0 Å². The average Bonchev–Trinajstić information content (AvgIpc) is 2.89. The van der Waals surface area contributed by atoms with Gasteiger partial charge in [-0.25, -0.2) is 17.9 Å². The van der Waals surface area contributed by atoms with Crippen LogP contribution in [0.25, 0.3) is 0 Å². The Bertz CT molecular complexity index is 855. The van der Waals surface area contributed by atoms with Gasteiger partial charge in [0.1, 0.15) is 16.3 Å². The normalized spacial score (nSPS) is 11.3. The molecule has 1 heterocycles. The molecule has 0 aliphatic carbocycles. The van der Waals surface area contributed by atoms with Gasteiger partial charge in [0, 0.05) is 24.8 Å². The highest BCUT2D eigenvalue weighted by atomic mass is 32.2. The first-order valence-electron chi connectivity index (χ1n) is 7.18. The lowest BCUT2D eigenvalue weighted by Gasteiger charge is -2.10. The predicted molar refractivity (Wildman–Crippen MR) is 88.5 cm³/mol. The number of nitrogens with zero attached hydrogens (tertiary/aromatic N) is 1. The number of esters is 1. The second kappa shape index (κ2) is 7.06. The van der Waals surface area contributed by atoms with E-state index < -0.39 is 16.0 Å². The molecule has 0 aliphatic heterocycles. The van der Waals surface area contributed by atoms with Gasteiger partial charge in [-0.1, -0.05) is 18.2 Å². The molecule has 2 aromatic rings. The zero-order valence-corrected chi connectivity index (χ0v) is 14.8. The van der Waals surface area contributed by atoms with E-state index in [1.165, 1.54) is 24.9 Å². The fraction of sp³-hybridized carbons (Fsp3) is 0.312. The molecule has 0 atom stereocenters. The smallest absolute Gasteiger partial charge is 0.354 e. The van der Waals surface area contributed by atoms with Gasteiger partial charge in [-0.3, -0.25) is 0 Å². The zero-order chi connectivity index (χ0) is 17.9. The van der Waals surface area contributed by atoms with Gasteiger partial charge in [-0.05, 0) is 19.1 Å². The number of carbonyl (C=O) groups excluding carboxylic acids is 1. The minimum Gasteiger partial charge on any atom is -0.496 e. The molecule has 7 nitrogen and oxygen atoms in total. The molecule has 2 rings (SSSR count). The topological polar surface area (TPSA) is 86.6 Å². The molecule has 0 radical (unpaired) electrons. The predicted octanol–water partition coefficient (Wildman–Crippen LogP) is 1.61. The van der Waals surface area contributed by atoms with Crippen molar-refractivity contribution in [1.29, 1.82) is 0 Å². The molecule has 0 saturated heterocycles. The van der Waals surface area contributed by atoms with E-state index in [0.29, 0.717) is 17.0 Å². The van der Waals surface area contributed by atoms with Crippen molar-refractivity contribution < 1.29 is 22.7 Å². The molecule has 0 unspecified atom stereocenters. The van der Waals surface area contributed by atoms with E-state index in [4.69, 9.17) is 4.74 Å². The first-order valence-corrected chi connectivity index (χ1v) is 8.66. The molecule has 24 heavy (non-hydrogen) atoms. The summed E-state index contributed by atoms with van der Waals surface area (Å²) in [5.74, 6) is 0.00649. The number of ether oxygens (including phenoxy) is 2. The number of carbonyl (C=O) groups is 1. The maximum atomic E-state index is 12.6. The summed E-state index contributed by atoms with van der Waals surface area (Å²) in [6.07, 6.45) is 0. The van der Waals surface area contributed by atoms with Gasteiger partial charge in [-0.15, -0.1) is 0 Å². The van der Waals surface area contributed by atoms with Gasteiger partial charge in [-0.2, -0.15) is 0 Å². The highest BCUT2D eigenvalue weighted by molar-refractivity contribution is 7.89. The molecule has 0 amide bonds. The Balaban J connectivity index is 2.30. The van der Waals surface area contributed by atoms with Gasteiger partial charge >= 0.3 is 5.97 Å². The van der Waals surface area contributed by atoms with Gasteiger partial charge in [0.25, 0.3) is 0 Å². The summed E-state index contributed by atoms with van der Waals surface area (Å²) in [7, 11) is 0.594. The molecular formula is C16H20N2O5S. The van der Waals surface area contributed by atoms with Crippen LogP contribution in [0.3, 0.4) is 0 Å². The van der Waals surface area contributed by atoms with Crippen LogP contribution in [0.4, 0.5) is 0 Å². The summed E-state index contributed by atoms with van der Waals surface area (Å²) in [5.41, 5.74) is 1.33. The summed E-state index contributed by atoms with van der Waals surface area (Å²) in [4.78, 5) is 11.8. The molecule has 0 saturated carbocycles. The Labute approximate surface area is 141 Å². The van der Waals surface area contributed by atoms with Crippen molar-refractivity contribution in [1.82, 2.24) is 9.29 Å². The maximum absolute atomic E-state index is 12.6. The van der Waals surface area contributed by atoms with Crippen LogP contribution in [0, 0.1) is 6.92 Å². The van der Waals surface area contributed by atoms with Crippen molar-refractivity contribution in [3.05, 3.63) is 47.3 Å². The van der Waals surface area contributed by atoms with Crippen LogP contribution >= 0.6 is 0 Å². The number of sulfonamides is 1. The van der Waals surface area contributed by atoms with E-state index in [1.54, 1.807) is 38.2 Å². The molecule has 8 heteroatoms. The van der Waals surface area contributed by atoms with Crippen molar-refractivity contribution in [2.75, 3.05) is 14.2 Å². The van der Waals surface area contributed by atoms with Crippen molar-refractivity contribution >= 4 is 16.0 Å². The second-order valence-electron chi connectivity index (χ2n) is 5.17. The van der Waals surface area contributed by atoms with Crippen LogP contribution < -0.4 is 9.46 Å². The molecule has 130 valence electrons. The van der Waals surface area contributed by atoms with Gasteiger partial charge < -0.3 is 14.0 Å². The molecule has 0 spiro atoms. The Morgan fingerprint density at radius 2 is 1.92 bits per heavy atom. The molecule has 0 bridgehead atoms. The van der Waals surface area contributed by atoms with E-state index in [2.05, 4.69) is 9.46 Å². The Morgan fingerprint density at radius 1 is 1.25 bits per heavy atom. The van der Waals surface area contributed by atoms with Crippen LogP contribution in [-0.2, 0) is 28.4 Å². The van der Waals surface area contributed by atoms with Crippen LogP contribution in [0.1, 0.15) is 21.7 Å². The monoisotopic (exact) mass is 352 g/mol. The van der Waals surface area contributed by atoms with Crippen LogP contribution in [0.2, 0.25) is 0 Å². The van der Waals surface area contributed by atoms with E-state index in [-0.39, 0.29) is 17.1 Å². The number of benzene rings is 1. The number of rotatable bonds is 6. The maximum Gasteiger partial charge on any atom is 0.354 e. The van der Waals surface area contributed by atoms with Crippen LogP contribution in [0.15, 0.2) is 35.2 Å². The molecule has 1 aromatic heterocycles. The number of hydrogen-bond donors (Lipinski definition) is 1. The van der Waals surface area contributed by atoms with Crippen LogP contribution in [0.5, 0.6) is 5.75 Å². The summed E-state index contributed by atoms with van der Waals surface area (Å²) < 4.78 is 39.1. The average molecular weight is 352 g/mol. The van der Waals surface area contributed by atoms with Gasteiger partial charge in [0.05, 0.1) is 14.2 Å². The number of para-hydroxylation sites is 1. The van der Waals surface area contributed by atoms with Crippen molar-refractivity contribution in [3.8, 4) is 5.75 Å². The molecule has 0 fully saturated rings. The van der Waals surface area contributed by atoms with Crippen LogP contribution in [-0.4, -0.2) is 33.2 Å². The number of hydrogen-bond acceptors (Lipinski definition) is 5. The molecule has 1 N–H and O–H groups in total. The summed E-state index contributed by atoms with van der Waals surface area (Å²) >= 11 is 0. The Kier molecular flexibility index (Phi) is 5.30. The van der Waals surface area contributed by atoms with E-state index in [9.17, 15) is 13.2 Å². The lowest BCUT2D eigenvalue weighted by molar-refractivity contribution is 0.0589. The highest BCUT2D eigenvalue weighted by Crippen LogP contribution is 2.22.